The van der Waals surface area contributed by atoms with Crippen LogP contribution in [0, 0.1) is 17.8 Å². The van der Waals surface area contributed by atoms with E-state index in [9.17, 15) is 14.7 Å². The molecule has 0 aromatic heterocycles. The zero-order chi connectivity index (χ0) is 14.8. The fourth-order valence-electron chi connectivity index (χ4n) is 4.02. The Labute approximate surface area is 124 Å². The minimum atomic E-state index is -1.01. The minimum absolute atomic E-state index is 0.135. The van der Waals surface area contributed by atoms with Crippen molar-refractivity contribution in [2.75, 3.05) is 0 Å². The molecule has 0 heterocycles. The summed E-state index contributed by atoms with van der Waals surface area (Å²) in [4.78, 5) is 23.6. The number of aliphatic carboxylic acids is 1. The van der Waals surface area contributed by atoms with Gasteiger partial charge in [-0.05, 0) is 42.6 Å². The first kappa shape index (κ1) is 14.1. The van der Waals surface area contributed by atoms with Gasteiger partial charge in [-0.3, -0.25) is 4.79 Å². The fourth-order valence-corrected chi connectivity index (χ4v) is 4.02. The molecule has 0 radical (unpaired) electrons. The zero-order valence-corrected chi connectivity index (χ0v) is 12.0. The Morgan fingerprint density at radius 2 is 1.95 bits per heavy atom. The molecule has 2 saturated carbocycles. The van der Waals surface area contributed by atoms with Gasteiger partial charge in [-0.1, -0.05) is 36.8 Å². The van der Waals surface area contributed by atoms with E-state index >= 15 is 0 Å². The van der Waals surface area contributed by atoms with Crippen molar-refractivity contribution in [3.63, 3.8) is 0 Å². The molecule has 112 valence electrons. The Bertz CT molecular complexity index is 528. The van der Waals surface area contributed by atoms with Crippen molar-refractivity contribution in [2.45, 2.75) is 38.1 Å². The normalized spacial score (nSPS) is 28.3. The van der Waals surface area contributed by atoms with Gasteiger partial charge in [0.2, 0.25) is 5.91 Å². The summed E-state index contributed by atoms with van der Waals surface area (Å²) in [5.74, 6) is 0.790. The van der Waals surface area contributed by atoms with Crippen LogP contribution in [-0.4, -0.2) is 17.0 Å². The summed E-state index contributed by atoms with van der Waals surface area (Å²) in [7, 11) is 0. The van der Waals surface area contributed by atoms with Crippen LogP contribution in [0.2, 0.25) is 0 Å². The standard InChI is InChI=1S/C17H21NO3/c19-15(10-14-9-11-6-7-13(14)8-11)18-16(17(20)21)12-4-2-1-3-5-12/h1-5,11,13-14,16H,6-10H2,(H,18,19)(H,20,21)/t11?,13?,14?,16-/m0/s1. The average molecular weight is 287 g/mol. The molecular weight excluding hydrogens is 266 g/mol. The molecular formula is C17H21NO3. The van der Waals surface area contributed by atoms with Gasteiger partial charge >= 0.3 is 5.97 Å². The molecule has 1 amide bonds. The van der Waals surface area contributed by atoms with Crippen LogP contribution >= 0.6 is 0 Å². The number of fused-ring (bicyclic) bond motifs is 2. The lowest BCUT2D eigenvalue weighted by Crippen LogP contribution is -2.35. The lowest BCUT2D eigenvalue weighted by atomic mass is 9.86. The maximum absolute atomic E-state index is 12.2. The number of benzene rings is 1. The molecule has 2 aliphatic carbocycles. The Kier molecular flexibility index (Phi) is 3.95. The summed E-state index contributed by atoms with van der Waals surface area (Å²) >= 11 is 0. The molecule has 3 unspecified atom stereocenters. The van der Waals surface area contributed by atoms with Gasteiger partial charge in [0.15, 0.2) is 6.04 Å². The Hall–Kier alpha value is -1.84. The average Bonchev–Trinajstić information content (AvgIpc) is 3.08. The predicted octanol–water partition coefficient (Wildman–Crippen LogP) is 2.75. The first-order chi connectivity index (χ1) is 10.1. The van der Waals surface area contributed by atoms with Crippen LogP contribution in [0.1, 0.15) is 43.7 Å². The Morgan fingerprint density at radius 3 is 2.52 bits per heavy atom. The molecule has 2 N–H and O–H groups in total. The van der Waals surface area contributed by atoms with E-state index in [4.69, 9.17) is 0 Å². The molecule has 21 heavy (non-hydrogen) atoms. The smallest absolute Gasteiger partial charge is 0.330 e. The zero-order valence-electron chi connectivity index (χ0n) is 12.0. The van der Waals surface area contributed by atoms with Crippen molar-refractivity contribution in [1.82, 2.24) is 5.32 Å². The largest absolute Gasteiger partial charge is 0.479 e. The molecule has 0 spiro atoms. The molecule has 1 aromatic carbocycles. The predicted molar refractivity (Wildman–Crippen MR) is 78.5 cm³/mol. The maximum atomic E-state index is 12.2. The Morgan fingerprint density at radius 1 is 1.19 bits per heavy atom. The minimum Gasteiger partial charge on any atom is -0.479 e. The maximum Gasteiger partial charge on any atom is 0.330 e. The summed E-state index contributed by atoms with van der Waals surface area (Å²) < 4.78 is 0. The SMILES string of the molecule is O=C(CC1CC2CCC1C2)N[C@H](C(=O)O)c1ccccc1. The molecule has 1 aromatic rings. The lowest BCUT2D eigenvalue weighted by molar-refractivity contribution is -0.142. The quantitative estimate of drug-likeness (QED) is 0.875. The van der Waals surface area contributed by atoms with Crippen molar-refractivity contribution in [2.24, 2.45) is 17.8 Å². The monoisotopic (exact) mass is 287 g/mol. The second-order valence-electron chi connectivity index (χ2n) is 6.39. The second-order valence-corrected chi connectivity index (χ2v) is 6.39. The molecule has 4 heteroatoms. The summed E-state index contributed by atoms with van der Waals surface area (Å²) in [5, 5.41) is 12.0. The highest BCUT2D eigenvalue weighted by Gasteiger charge is 2.40. The van der Waals surface area contributed by atoms with Crippen LogP contribution in [0.4, 0.5) is 0 Å². The van der Waals surface area contributed by atoms with E-state index in [1.165, 1.54) is 19.3 Å². The van der Waals surface area contributed by atoms with Crippen molar-refractivity contribution < 1.29 is 14.7 Å². The highest BCUT2D eigenvalue weighted by molar-refractivity contribution is 5.84. The van der Waals surface area contributed by atoms with Gasteiger partial charge < -0.3 is 10.4 Å². The van der Waals surface area contributed by atoms with Gasteiger partial charge in [-0.25, -0.2) is 4.79 Å². The number of rotatable bonds is 5. The highest BCUT2D eigenvalue weighted by Crippen LogP contribution is 2.49. The Balaban J connectivity index is 1.61. The number of carbonyl (C=O) groups is 2. The highest BCUT2D eigenvalue weighted by atomic mass is 16.4. The van der Waals surface area contributed by atoms with Crippen molar-refractivity contribution in [3.05, 3.63) is 35.9 Å². The summed E-state index contributed by atoms with van der Waals surface area (Å²) in [5.41, 5.74) is 0.617. The molecule has 2 bridgehead atoms. The molecule has 4 nitrogen and oxygen atoms in total. The van der Waals surface area contributed by atoms with Gasteiger partial charge in [0.25, 0.3) is 0 Å². The van der Waals surface area contributed by atoms with Crippen molar-refractivity contribution in [3.8, 4) is 0 Å². The molecule has 0 aliphatic heterocycles. The third kappa shape index (κ3) is 3.09. The van der Waals surface area contributed by atoms with Crippen LogP contribution in [-0.2, 0) is 9.59 Å². The van der Waals surface area contributed by atoms with Crippen molar-refractivity contribution in [1.29, 1.82) is 0 Å². The van der Waals surface area contributed by atoms with E-state index in [0.29, 0.717) is 23.8 Å². The first-order valence-corrected chi connectivity index (χ1v) is 7.70. The number of amides is 1. The summed E-state index contributed by atoms with van der Waals surface area (Å²) in [6.07, 6.45) is 5.42. The third-order valence-corrected chi connectivity index (χ3v) is 5.02. The van der Waals surface area contributed by atoms with E-state index in [1.54, 1.807) is 24.3 Å². The topological polar surface area (TPSA) is 66.4 Å². The lowest BCUT2D eigenvalue weighted by Gasteiger charge is -2.22. The van der Waals surface area contributed by atoms with E-state index in [0.717, 1.165) is 12.3 Å². The molecule has 2 fully saturated rings. The summed E-state index contributed by atoms with van der Waals surface area (Å²) in [6.45, 7) is 0. The fraction of sp³-hybridized carbons (Fsp3) is 0.529. The number of carboxylic acids is 1. The number of hydrogen-bond acceptors (Lipinski definition) is 2. The van der Waals surface area contributed by atoms with Gasteiger partial charge in [0.05, 0.1) is 0 Å². The second kappa shape index (κ2) is 5.88. The van der Waals surface area contributed by atoms with Crippen LogP contribution in [0.3, 0.4) is 0 Å². The molecule has 4 atom stereocenters. The van der Waals surface area contributed by atoms with Gasteiger partial charge in [-0.2, -0.15) is 0 Å². The number of carbonyl (C=O) groups excluding carboxylic acids is 1. The molecule has 3 rings (SSSR count). The summed E-state index contributed by atoms with van der Waals surface area (Å²) in [6, 6.07) is 7.92. The number of nitrogens with one attached hydrogen (secondary N) is 1. The van der Waals surface area contributed by atoms with E-state index in [2.05, 4.69) is 5.32 Å². The van der Waals surface area contributed by atoms with Crippen LogP contribution in [0.15, 0.2) is 30.3 Å². The third-order valence-electron chi connectivity index (χ3n) is 5.02. The van der Waals surface area contributed by atoms with Gasteiger partial charge in [0.1, 0.15) is 0 Å². The van der Waals surface area contributed by atoms with Crippen LogP contribution < -0.4 is 5.32 Å². The molecule has 0 saturated heterocycles. The van der Waals surface area contributed by atoms with Crippen LogP contribution in [0.25, 0.3) is 0 Å². The van der Waals surface area contributed by atoms with Crippen molar-refractivity contribution >= 4 is 11.9 Å². The number of carboxylic acid groups (broad SMARTS) is 1. The van der Waals surface area contributed by atoms with E-state index in [1.807, 2.05) is 6.07 Å². The van der Waals surface area contributed by atoms with Gasteiger partial charge in [-0.15, -0.1) is 0 Å². The van der Waals surface area contributed by atoms with E-state index in [-0.39, 0.29) is 5.91 Å². The number of hydrogen-bond donors (Lipinski definition) is 2. The van der Waals surface area contributed by atoms with Crippen LogP contribution in [0.5, 0.6) is 0 Å². The first-order valence-electron chi connectivity index (χ1n) is 7.70. The molecule has 2 aliphatic rings. The van der Waals surface area contributed by atoms with Gasteiger partial charge in [0, 0.05) is 6.42 Å². The van der Waals surface area contributed by atoms with E-state index < -0.39 is 12.0 Å².